The summed E-state index contributed by atoms with van der Waals surface area (Å²) in [5.41, 5.74) is 1.85. The largest absolute Gasteiger partial charge is 0.507 e. The molecule has 0 spiro atoms. The lowest BCUT2D eigenvalue weighted by molar-refractivity contribution is 0.0734. The van der Waals surface area contributed by atoms with E-state index in [2.05, 4.69) is 17.1 Å². The van der Waals surface area contributed by atoms with Crippen LogP contribution >= 0.6 is 0 Å². The lowest BCUT2D eigenvalue weighted by Crippen LogP contribution is -2.08. The molecule has 0 fully saturated rings. The summed E-state index contributed by atoms with van der Waals surface area (Å²) in [6.07, 6.45) is 11.8. The molecule has 0 aliphatic carbocycles. The Labute approximate surface area is 213 Å². The molecule has 0 saturated carbocycles. The topological polar surface area (TPSA) is 80.5 Å². The first-order valence-electron chi connectivity index (χ1n) is 12.5. The molecule has 3 aromatic rings. The SMILES string of the molecule is CCCCCCCCCOc1ccc(C(=O)Oc2ccc(/C=N/N=C/c3ccccc3O)cc2)cc1. The third-order valence-electron chi connectivity index (χ3n) is 5.60. The van der Waals surface area contributed by atoms with Crippen molar-refractivity contribution in [3.05, 3.63) is 89.5 Å². The molecule has 6 nitrogen and oxygen atoms in total. The molecule has 0 amide bonds. The summed E-state index contributed by atoms with van der Waals surface area (Å²) >= 11 is 0. The molecule has 0 atom stereocenters. The van der Waals surface area contributed by atoms with Gasteiger partial charge in [-0.25, -0.2) is 4.79 Å². The molecule has 6 heteroatoms. The van der Waals surface area contributed by atoms with Gasteiger partial charge in [0.2, 0.25) is 0 Å². The average molecular weight is 487 g/mol. The zero-order valence-electron chi connectivity index (χ0n) is 20.8. The van der Waals surface area contributed by atoms with Crippen LogP contribution in [0.4, 0.5) is 0 Å². The third-order valence-corrected chi connectivity index (χ3v) is 5.60. The van der Waals surface area contributed by atoms with Gasteiger partial charge in [0.25, 0.3) is 0 Å². The summed E-state index contributed by atoms with van der Waals surface area (Å²) < 4.78 is 11.2. The van der Waals surface area contributed by atoms with Gasteiger partial charge in [0.1, 0.15) is 17.2 Å². The van der Waals surface area contributed by atoms with Crippen molar-refractivity contribution in [2.24, 2.45) is 10.2 Å². The highest BCUT2D eigenvalue weighted by atomic mass is 16.5. The van der Waals surface area contributed by atoms with Gasteiger partial charge in [-0.1, -0.05) is 57.6 Å². The Morgan fingerprint density at radius 2 is 1.42 bits per heavy atom. The van der Waals surface area contributed by atoms with Gasteiger partial charge in [-0.3, -0.25) is 0 Å². The fourth-order valence-corrected chi connectivity index (χ4v) is 3.52. The number of carbonyl (C=O) groups excluding carboxylic acids is 1. The average Bonchev–Trinajstić information content (AvgIpc) is 2.90. The van der Waals surface area contributed by atoms with Crippen molar-refractivity contribution < 1.29 is 19.4 Å². The zero-order chi connectivity index (χ0) is 25.4. The van der Waals surface area contributed by atoms with Gasteiger partial charge in [0, 0.05) is 5.56 Å². The monoisotopic (exact) mass is 486 g/mol. The van der Waals surface area contributed by atoms with E-state index < -0.39 is 5.97 Å². The van der Waals surface area contributed by atoms with Crippen LogP contribution in [0.25, 0.3) is 0 Å². The normalized spacial score (nSPS) is 11.2. The molecule has 0 saturated heterocycles. The molecule has 0 unspecified atom stereocenters. The third kappa shape index (κ3) is 9.37. The Bertz CT molecular complexity index is 1120. The number of nitrogens with zero attached hydrogens (tertiary/aromatic N) is 2. The second kappa shape index (κ2) is 15.1. The molecule has 0 aromatic heterocycles. The Morgan fingerprint density at radius 3 is 2.14 bits per heavy atom. The Morgan fingerprint density at radius 1 is 0.778 bits per heavy atom. The lowest BCUT2D eigenvalue weighted by atomic mass is 10.1. The predicted octanol–water partition coefficient (Wildman–Crippen LogP) is 7.19. The summed E-state index contributed by atoms with van der Waals surface area (Å²) in [4.78, 5) is 12.5. The molecule has 3 rings (SSSR count). The van der Waals surface area contributed by atoms with E-state index in [1.54, 1.807) is 72.9 Å². The van der Waals surface area contributed by atoms with Crippen LogP contribution in [0.3, 0.4) is 0 Å². The molecule has 0 aliphatic heterocycles. The minimum atomic E-state index is -0.428. The van der Waals surface area contributed by atoms with E-state index in [1.165, 1.54) is 44.7 Å². The van der Waals surface area contributed by atoms with Crippen molar-refractivity contribution in [3.63, 3.8) is 0 Å². The molecular weight excluding hydrogens is 452 g/mol. The van der Waals surface area contributed by atoms with Crippen molar-refractivity contribution in [1.29, 1.82) is 0 Å². The van der Waals surface area contributed by atoms with Crippen LogP contribution in [0.5, 0.6) is 17.2 Å². The van der Waals surface area contributed by atoms with Gasteiger partial charge < -0.3 is 14.6 Å². The standard InChI is InChI=1S/C30H34N2O4/c1-2-3-4-5-6-7-10-21-35-27-19-15-25(16-20-27)30(34)36-28-17-13-24(14-18-28)22-31-32-23-26-11-8-9-12-29(26)33/h8-9,11-20,22-23,33H,2-7,10,21H2,1H3/b31-22+,32-23+. The van der Waals surface area contributed by atoms with E-state index in [1.807, 2.05) is 6.07 Å². The number of aromatic hydroxyl groups is 1. The Kier molecular flexibility index (Phi) is 11.2. The Hall–Kier alpha value is -3.93. The van der Waals surface area contributed by atoms with Crippen LogP contribution in [-0.4, -0.2) is 30.1 Å². The highest BCUT2D eigenvalue weighted by molar-refractivity contribution is 5.91. The van der Waals surface area contributed by atoms with E-state index in [-0.39, 0.29) is 5.75 Å². The number of hydrogen-bond donors (Lipinski definition) is 1. The number of ether oxygens (including phenoxy) is 2. The second-order valence-electron chi connectivity index (χ2n) is 8.50. The van der Waals surface area contributed by atoms with Crippen LogP contribution in [0.15, 0.2) is 83.0 Å². The molecule has 0 bridgehead atoms. The number of hydrogen-bond acceptors (Lipinski definition) is 6. The number of carbonyl (C=O) groups is 1. The second-order valence-corrected chi connectivity index (χ2v) is 8.50. The Balaban J connectivity index is 1.40. The summed E-state index contributed by atoms with van der Waals surface area (Å²) in [7, 11) is 0. The highest BCUT2D eigenvalue weighted by Gasteiger charge is 2.09. The zero-order valence-corrected chi connectivity index (χ0v) is 20.8. The maximum atomic E-state index is 12.5. The fraction of sp³-hybridized carbons (Fsp3) is 0.300. The summed E-state index contributed by atoms with van der Waals surface area (Å²) in [6.45, 7) is 2.92. The van der Waals surface area contributed by atoms with Gasteiger partial charge >= 0.3 is 5.97 Å². The smallest absolute Gasteiger partial charge is 0.343 e. The van der Waals surface area contributed by atoms with Crippen molar-refractivity contribution in [2.75, 3.05) is 6.61 Å². The van der Waals surface area contributed by atoms with E-state index in [0.29, 0.717) is 23.5 Å². The number of esters is 1. The quantitative estimate of drug-likeness (QED) is 0.0859. The molecule has 0 aliphatic rings. The number of rotatable bonds is 14. The minimum absolute atomic E-state index is 0.147. The van der Waals surface area contributed by atoms with Gasteiger partial charge in [-0.2, -0.15) is 10.2 Å². The summed E-state index contributed by atoms with van der Waals surface area (Å²) in [6, 6.07) is 20.9. The van der Waals surface area contributed by atoms with Crippen LogP contribution in [-0.2, 0) is 0 Å². The van der Waals surface area contributed by atoms with Gasteiger partial charge in [-0.15, -0.1) is 0 Å². The van der Waals surface area contributed by atoms with Crippen molar-refractivity contribution in [3.8, 4) is 17.2 Å². The fourth-order valence-electron chi connectivity index (χ4n) is 3.52. The van der Waals surface area contributed by atoms with Crippen molar-refractivity contribution >= 4 is 18.4 Å². The number of phenolic OH excluding ortho intramolecular Hbond substituents is 1. The number of unbranched alkanes of at least 4 members (excludes halogenated alkanes) is 6. The van der Waals surface area contributed by atoms with Crippen molar-refractivity contribution in [1.82, 2.24) is 0 Å². The molecular formula is C30H34N2O4. The molecule has 3 aromatic carbocycles. The van der Waals surface area contributed by atoms with Gasteiger partial charge in [0.15, 0.2) is 0 Å². The molecule has 188 valence electrons. The van der Waals surface area contributed by atoms with E-state index in [0.717, 1.165) is 17.7 Å². The maximum Gasteiger partial charge on any atom is 0.343 e. The molecule has 0 radical (unpaired) electrons. The summed E-state index contributed by atoms with van der Waals surface area (Å²) in [5, 5.41) is 17.6. The lowest BCUT2D eigenvalue weighted by Gasteiger charge is -2.08. The number of benzene rings is 3. The first-order chi connectivity index (χ1) is 17.7. The highest BCUT2D eigenvalue weighted by Crippen LogP contribution is 2.17. The summed E-state index contributed by atoms with van der Waals surface area (Å²) in [5.74, 6) is 0.913. The first-order valence-corrected chi connectivity index (χ1v) is 12.5. The predicted molar refractivity (Wildman–Crippen MR) is 145 cm³/mol. The van der Waals surface area contributed by atoms with Crippen LogP contribution in [0.1, 0.15) is 73.4 Å². The van der Waals surface area contributed by atoms with E-state index in [9.17, 15) is 9.90 Å². The maximum absolute atomic E-state index is 12.5. The van der Waals surface area contributed by atoms with Crippen LogP contribution < -0.4 is 9.47 Å². The number of para-hydroxylation sites is 1. The molecule has 0 heterocycles. The first kappa shape index (κ1) is 26.7. The number of phenols is 1. The van der Waals surface area contributed by atoms with Gasteiger partial charge in [0.05, 0.1) is 24.6 Å². The van der Waals surface area contributed by atoms with Crippen molar-refractivity contribution in [2.45, 2.75) is 51.9 Å². The van der Waals surface area contributed by atoms with Crippen LogP contribution in [0, 0.1) is 0 Å². The molecule has 36 heavy (non-hydrogen) atoms. The molecule has 1 N–H and O–H groups in total. The van der Waals surface area contributed by atoms with E-state index >= 15 is 0 Å². The minimum Gasteiger partial charge on any atom is -0.507 e. The van der Waals surface area contributed by atoms with E-state index in [4.69, 9.17) is 9.47 Å². The van der Waals surface area contributed by atoms with Gasteiger partial charge in [-0.05, 0) is 72.6 Å². The van der Waals surface area contributed by atoms with Crippen LogP contribution in [0.2, 0.25) is 0 Å².